The quantitative estimate of drug-likeness (QED) is 0.230. The number of amides is 3. The van der Waals surface area contributed by atoms with Gasteiger partial charge in [-0.05, 0) is 60.5 Å². The van der Waals surface area contributed by atoms with Crippen molar-refractivity contribution in [2.75, 3.05) is 19.6 Å². The molecule has 3 aromatic rings. The van der Waals surface area contributed by atoms with Crippen LogP contribution >= 0.6 is 12.4 Å². The van der Waals surface area contributed by atoms with Crippen LogP contribution in [0.1, 0.15) is 57.1 Å². The number of nitrogens with zero attached hydrogens (tertiary/aromatic N) is 1. The van der Waals surface area contributed by atoms with Crippen molar-refractivity contribution in [1.29, 1.82) is 0 Å². The van der Waals surface area contributed by atoms with Crippen LogP contribution in [0.25, 0.3) is 10.8 Å². The number of benzene rings is 3. The molecule has 3 amide bonds. The van der Waals surface area contributed by atoms with E-state index in [4.69, 9.17) is 0 Å². The SMILES string of the molecule is CCC(CC)C(=O)N1CCC[C@H]1C(=O)N[C@H](Cc1ccc2ccccc2c1)C(=O)NCCCNCc1ccccc1.Cl. The van der Waals surface area contributed by atoms with Crippen LogP contribution in [0.5, 0.6) is 0 Å². The van der Waals surface area contributed by atoms with Crippen molar-refractivity contribution in [3.8, 4) is 0 Å². The summed E-state index contributed by atoms with van der Waals surface area (Å²) in [5.74, 6) is -0.473. The molecule has 226 valence electrons. The second-order valence-electron chi connectivity index (χ2n) is 11.0. The molecule has 1 aliphatic rings. The van der Waals surface area contributed by atoms with Gasteiger partial charge in [0.2, 0.25) is 17.7 Å². The second-order valence-corrected chi connectivity index (χ2v) is 11.0. The number of fused-ring (bicyclic) bond motifs is 1. The predicted molar refractivity (Wildman–Crippen MR) is 171 cm³/mol. The number of hydrogen-bond donors (Lipinski definition) is 3. The van der Waals surface area contributed by atoms with Crippen LogP contribution in [0.3, 0.4) is 0 Å². The maximum atomic E-state index is 13.5. The van der Waals surface area contributed by atoms with Gasteiger partial charge in [0, 0.05) is 32.0 Å². The van der Waals surface area contributed by atoms with Crippen molar-refractivity contribution in [2.45, 2.75) is 71.0 Å². The maximum absolute atomic E-state index is 13.5. The first-order chi connectivity index (χ1) is 20.0. The maximum Gasteiger partial charge on any atom is 0.243 e. The van der Waals surface area contributed by atoms with Crippen LogP contribution in [0.15, 0.2) is 72.8 Å². The van der Waals surface area contributed by atoms with Crippen molar-refractivity contribution in [1.82, 2.24) is 20.9 Å². The average molecular weight is 593 g/mol. The highest BCUT2D eigenvalue weighted by Crippen LogP contribution is 2.23. The van der Waals surface area contributed by atoms with Gasteiger partial charge in [-0.1, -0.05) is 86.6 Å². The minimum absolute atomic E-state index is 0. The monoisotopic (exact) mass is 592 g/mol. The van der Waals surface area contributed by atoms with Crippen LogP contribution in [-0.4, -0.2) is 54.3 Å². The third-order valence-corrected chi connectivity index (χ3v) is 8.06. The van der Waals surface area contributed by atoms with E-state index in [9.17, 15) is 14.4 Å². The number of halogens is 1. The molecular formula is C34H45ClN4O3. The number of likely N-dealkylation sites (tertiary alicyclic amines) is 1. The Morgan fingerprint density at radius 3 is 2.33 bits per heavy atom. The standard InChI is InChI=1S/C34H44N4O3.ClH/c1-3-27(4-2)34(41)38-21-10-16-31(38)33(40)37-30(23-26-17-18-28-14-8-9-15-29(28)22-26)32(39)36-20-11-19-35-24-25-12-6-5-7-13-25;/h5-9,12-15,17-18,22,27,30-31,35H,3-4,10-11,16,19-21,23-24H2,1-2H3,(H,36,39)(H,37,40);1H/t30-,31+;/m1./s1. The molecule has 42 heavy (non-hydrogen) atoms. The van der Waals surface area contributed by atoms with Crippen LogP contribution < -0.4 is 16.0 Å². The minimum atomic E-state index is -0.730. The van der Waals surface area contributed by atoms with E-state index in [0.29, 0.717) is 25.9 Å². The van der Waals surface area contributed by atoms with Crippen molar-refractivity contribution in [3.63, 3.8) is 0 Å². The Balaban J connectivity index is 0.00000484. The van der Waals surface area contributed by atoms with Gasteiger partial charge in [0.25, 0.3) is 0 Å². The molecule has 0 saturated carbocycles. The molecule has 0 bridgehead atoms. The highest BCUT2D eigenvalue weighted by atomic mass is 35.5. The molecule has 0 aromatic heterocycles. The Labute approximate surface area is 256 Å². The third-order valence-electron chi connectivity index (χ3n) is 8.06. The molecule has 2 atom stereocenters. The van der Waals surface area contributed by atoms with Gasteiger partial charge in [0.15, 0.2) is 0 Å². The molecule has 1 fully saturated rings. The van der Waals surface area contributed by atoms with Crippen LogP contribution in [0.4, 0.5) is 0 Å². The Morgan fingerprint density at radius 1 is 0.881 bits per heavy atom. The first-order valence-electron chi connectivity index (χ1n) is 15.1. The first kappa shape index (κ1) is 33.1. The molecule has 0 unspecified atom stereocenters. The van der Waals surface area contributed by atoms with Gasteiger partial charge in [0.05, 0.1) is 0 Å². The fraction of sp³-hybridized carbons (Fsp3) is 0.441. The largest absolute Gasteiger partial charge is 0.354 e. The van der Waals surface area contributed by atoms with E-state index in [1.165, 1.54) is 5.56 Å². The van der Waals surface area contributed by atoms with E-state index in [-0.39, 0.29) is 36.0 Å². The molecule has 1 saturated heterocycles. The molecule has 7 nitrogen and oxygen atoms in total. The highest BCUT2D eigenvalue weighted by Gasteiger charge is 2.37. The highest BCUT2D eigenvalue weighted by molar-refractivity contribution is 5.93. The Hall–Kier alpha value is -3.42. The van der Waals surface area contributed by atoms with Crippen molar-refractivity contribution < 1.29 is 14.4 Å². The van der Waals surface area contributed by atoms with Crippen LogP contribution in [0.2, 0.25) is 0 Å². The van der Waals surface area contributed by atoms with Crippen molar-refractivity contribution in [2.24, 2.45) is 5.92 Å². The van der Waals surface area contributed by atoms with E-state index in [0.717, 1.165) is 55.1 Å². The van der Waals surface area contributed by atoms with Crippen LogP contribution in [-0.2, 0) is 27.3 Å². The summed E-state index contributed by atoms with van der Waals surface area (Å²) in [5, 5.41) is 11.7. The summed E-state index contributed by atoms with van der Waals surface area (Å²) in [5.41, 5.74) is 2.20. The van der Waals surface area contributed by atoms with Gasteiger partial charge in [-0.3, -0.25) is 14.4 Å². The Morgan fingerprint density at radius 2 is 1.60 bits per heavy atom. The summed E-state index contributed by atoms with van der Waals surface area (Å²) >= 11 is 0. The van der Waals surface area contributed by atoms with Gasteiger partial charge < -0.3 is 20.9 Å². The normalized spacial score (nSPS) is 15.3. The number of rotatable bonds is 14. The summed E-state index contributed by atoms with van der Waals surface area (Å²) in [4.78, 5) is 41.8. The fourth-order valence-electron chi connectivity index (χ4n) is 5.63. The molecule has 3 N–H and O–H groups in total. The van der Waals surface area contributed by atoms with Gasteiger partial charge in [-0.25, -0.2) is 0 Å². The molecule has 4 rings (SSSR count). The lowest BCUT2D eigenvalue weighted by Gasteiger charge is -2.29. The van der Waals surface area contributed by atoms with E-state index in [2.05, 4.69) is 46.3 Å². The van der Waals surface area contributed by atoms with E-state index in [1.54, 1.807) is 4.90 Å². The molecule has 1 aliphatic heterocycles. The van der Waals surface area contributed by atoms with E-state index >= 15 is 0 Å². The molecule has 3 aromatic carbocycles. The number of hydrogen-bond acceptors (Lipinski definition) is 4. The zero-order valence-corrected chi connectivity index (χ0v) is 25.6. The minimum Gasteiger partial charge on any atom is -0.354 e. The van der Waals surface area contributed by atoms with Gasteiger partial charge in [-0.15, -0.1) is 12.4 Å². The summed E-state index contributed by atoms with van der Waals surface area (Å²) in [6.45, 7) is 6.67. The molecule has 0 aliphatic carbocycles. The lowest BCUT2D eigenvalue weighted by Crippen LogP contribution is -2.54. The average Bonchev–Trinajstić information content (AvgIpc) is 3.50. The second kappa shape index (κ2) is 16.9. The third kappa shape index (κ3) is 9.04. The van der Waals surface area contributed by atoms with Crippen molar-refractivity contribution in [3.05, 3.63) is 83.9 Å². The van der Waals surface area contributed by atoms with Gasteiger partial charge in [0.1, 0.15) is 12.1 Å². The molecule has 8 heteroatoms. The zero-order chi connectivity index (χ0) is 29.0. The number of carbonyl (C=O) groups excluding carboxylic acids is 3. The number of carbonyl (C=O) groups is 3. The summed E-state index contributed by atoms with van der Waals surface area (Å²) in [6.07, 6.45) is 4.08. The summed E-state index contributed by atoms with van der Waals surface area (Å²) < 4.78 is 0. The lowest BCUT2D eigenvalue weighted by atomic mass is 10.00. The lowest BCUT2D eigenvalue weighted by molar-refractivity contribution is -0.142. The fourth-order valence-corrected chi connectivity index (χ4v) is 5.63. The zero-order valence-electron chi connectivity index (χ0n) is 24.8. The number of nitrogens with one attached hydrogen (secondary N) is 3. The van der Waals surface area contributed by atoms with E-state index < -0.39 is 12.1 Å². The Bertz CT molecular complexity index is 1300. The van der Waals surface area contributed by atoms with Gasteiger partial charge >= 0.3 is 0 Å². The molecule has 0 spiro atoms. The predicted octanol–water partition coefficient (Wildman–Crippen LogP) is 5.01. The molecule has 0 radical (unpaired) electrons. The Kier molecular flexibility index (Phi) is 13.3. The topological polar surface area (TPSA) is 90.5 Å². The summed E-state index contributed by atoms with van der Waals surface area (Å²) in [7, 11) is 0. The van der Waals surface area contributed by atoms with Crippen molar-refractivity contribution >= 4 is 40.9 Å². The van der Waals surface area contributed by atoms with E-state index in [1.807, 2.05) is 56.3 Å². The van der Waals surface area contributed by atoms with Crippen LogP contribution in [0, 0.1) is 5.92 Å². The molecular weight excluding hydrogens is 548 g/mol. The first-order valence-corrected chi connectivity index (χ1v) is 15.1. The summed E-state index contributed by atoms with van der Waals surface area (Å²) in [6, 6.07) is 23.2. The van der Waals surface area contributed by atoms with Gasteiger partial charge in [-0.2, -0.15) is 0 Å². The smallest absolute Gasteiger partial charge is 0.243 e. The molecule has 1 heterocycles.